The maximum absolute atomic E-state index is 12.8. The molecule has 28 heavy (non-hydrogen) atoms. The number of benzene rings is 3. The largest absolute Gasteiger partial charge is 0.480 e. The Balaban J connectivity index is 1.79. The Kier molecular flexibility index (Phi) is 5.50. The second-order valence-electron chi connectivity index (χ2n) is 8.04. The highest BCUT2D eigenvalue weighted by Gasteiger charge is 2.22. The minimum Gasteiger partial charge on any atom is -0.480 e. The van der Waals surface area contributed by atoms with Crippen molar-refractivity contribution in [3.05, 3.63) is 83.4 Å². The number of carboxylic acids is 1. The number of carbonyl (C=O) groups excluding carboxylic acids is 1. The Bertz CT molecular complexity index is 995. The average molecular weight is 375 g/mol. The van der Waals surface area contributed by atoms with Crippen molar-refractivity contribution in [2.24, 2.45) is 0 Å². The van der Waals surface area contributed by atoms with Crippen LogP contribution in [0.1, 0.15) is 42.3 Å². The van der Waals surface area contributed by atoms with E-state index < -0.39 is 12.0 Å². The lowest BCUT2D eigenvalue weighted by Gasteiger charge is -2.20. The van der Waals surface area contributed by atoms with Gasteiger partial charge in [0.2, 0.25) is 0 Å². The summed E-state index contributed by atoms with van der Waals surface area (Å²) < 4.78 is 0. The molecule has 0 aromatic heterocycles. The number of carbonyl (C=O) groups is 2. The molecule has 3 aromatic rings. The van der Waals surface area contributed by atoms with Crippen molar-refractivity contribution in [1.29, 1.82) is 0 Å². The topological polar surface area (TPSA) is 66.4 Å². The quantitative estimate of drug-likeness (QED) is 0.687. The molecular formula is C24H25NO3. The third-order valence-corrected chi connectivity index (χ3v) is 4.90. The Morgan fingerprint density at radius 1 is 0.929 bits per heavy atom. The molecule has 0 bridgehead atoms. The van der Waals surface area contributed by atoms with E-state index in [-0.39, 0.29) is 17.7 Å². The summed E-state index contributed by atoms with van der Waals surface area (Å²) in [5, 5.41) is 14.0. The summed E-state index contributed by atoms with van der Waals surface area (Å²) in [6, 6.07) is 19.9. The van der Waals surface area contributed by atoms with E-state index >= 15 is 0 Å². The number of carboxylic acid groups (broad SMARTS) is 1. The van der Waals surface area contributed by atoms with Crippen molar-refractivity contribution in [3.8, 4) is 0 Å². The molecule has 1 amide bonds. The molecule has 0 aliphatic heterocycles. The molecule has 0 radical (unpaired) electrons. The van der Waals surface area contributed by atoms with Gasteiger partial charge in [-0.15, -0.1) is 0 Å². The van der Waals surface area contributed by atoms with E-state index in [1.54, 1.807) is 12.1 Å². The van der Waals surface area contributed by atoms with Gasteiger partial charge in [0.25, 0.3) is 5.91 Å². The van der Waals surface area contributed by atoms with Gasteiger partial charge in [-0.2, -0.15) is 0 Å². The summed E-state index contributed by atoms with van der Waals surface area (Å²) in [5.74, 6) is -1.43. The third-order valence-electron chi connectivity index (χ3n) is 4.90. The Morgan fingerprint density at radius 2 is 1.57 bits per heavy atom. The highest BCUT2D eigenvalue weighted by atomic mass is 16.4. The van der Waals surface area contributed by atoms with Gasteiger partial charge in [0, 0.05) is 12.0 Å². The number of amides is 1. The van der Waals surface area contributed by atoms with Gasteiger partial charge in [-0.25, -0.2) is 4.79 Å². The van der Waals surface area contributed by atoms with Crippen LogP contribution in [0.25, 0.3) is 10.8 Å². The van der Waals surface area contributed by atoms with Crippen LogP contribution >= 0.6 is 0 Å². The summed E-state index contributed by atoms with van der Waals surface area (Å²) in [7, 11) is 0. The predicted molar refractivity (Wildman–Crippen MR) is 112 cm³/mol. The fraction of sp³-hybridized carbons (Fsp3) is 0.250. The second-order valence-corrected chi connectivity index (χ2v) is 8.04. The van der Waals surface area contributed by atoms with Crippen LogP contribution in [-0.2, 0) is 16.6 Å². The minimum absolute atomic E-state index is 0.0350. The maximum atomic E-state index is 12.8. The fourth-order valence-corrected chi connectivity index (χ4v) is 3.24. The van der Waals surface area contributed by atoms with Gasteiger partial charge in [0.05, 0.1) is 0 Å². The summed E-state index contributed by atoms with van der Waals surface area (Å²) in [5.41, 5.74) is 2.57. The molecule has 4 nitrogen and oxygen atoms in total. The van der Waals surface area contributed by atoms with E-state index in [9.17, 15) is 14.7 Å². The molecule has 0 saturated carbocycles. The number of hydrogen-bond acceptors (Lipinski definition) is 2. The zero-order chi connectivity index (χ0) is 20.3. The zero-order valence-electron chi connectivity index (χ0n) is 16.4. The lowest BCUT2D eigenvalue weighted by atomic mass is 9.86. The van der Waals surface area contributed by atoms with Gasteiger partial charge < -0.3 is 10.4 Å². The summed E-state index contributed by atoms with van der Waals surface area (Å²) in [6.07, 6.45) is 0.232. The smallest absolute Gasteiger partial charge is 0.326 e. The SMILES string of the molecule is CC(C)(C)c1ccc(C[C@H](NC(=O)c2cccc3ccccc23)C(=O)O)cc1. The first-order valence-electron chi connectivity index (χ1n) is 9.36. The molecule has 0 fully saturated rings. The zero-order valence-corrected chi connectivity index (χ0v) is 16.4. The van der Waals surface area contributed by atoms with Crippen LogP contribution in [0.5, 0.6) is 0 Å². The molecule has 3 aromatic carbocycles. The molecule has 0 unspecified atom stereocenters. The number of nitrogens with one attached hydrogen (secondary N) is 1. The summed E-state index contributed by atoms with van der Waals surface area (Å²) in [6.45, 7) is 6.39. The normalized spacial score (nSPS) is 12.5. The molecule has 0 heterocycles. The molecule has 1 atom stereocenters. The fourth-order valence-electron chi connectivity index (χ4n) is 3.24. The Hall–Kier alpha value is -3.14. The first-order valence-corrected chi connectivity index (χ1v) is 9.36. The molecule has 0 aliphatic carbocycles. The van der Waals surface area contributed by atoms with E-state index in [0.29, 0.717) is 5.56 Å². The third kappa shape index (κ3) is 4.39. The van der Waals surface area contributed by atoms with Gasteiger partial charge in [-0.1, -0.05) is 81.4 Å². The highest BCUT2D eigenvalue weighted by molar-refractivity contribution is 6.07. The second kappa shape index (κ2) is 7.85. The predicted octanol–water partition coefficient (Wildman–Crippen LogP) is 4.56. The minimum atomic E-state index is -1.05. The molecule has 0 aliphatic rings. The monoisotopic (exact) mass is 375 g/mol. The first-order chi connectivity index (χ1) is 13.3. The van der Waals surface area contributed by atoms with Crippen molar-refractivity contribution < 1.29 is 14.7 Å². The molecule has 144 valence electrons. The average Bonchev–Trinajstić information content (AvgIpc) is 2.66. The van der Waals surface area contributed by atoms with Crippen LogP contribution in [0.3, 0.4) is 0 Å². The van der Waals surface area contributed by atoms with Crippen molar-refractivity contribution >= 4 is 22.6 Å². The molecule has 2 N–H and O–H groups in total. The van der Waals surface area contributed by atoms with Crippen LogP contribution in [0.15, 0.2) is 66.7 Å². The van der Waals surface area contributed by atoms with Gasteiger partial charge in [-0.05, 0) is 33.4 Å². The number of rotatable bonds is 5. The molecular weight excluding hydrogens is 350 g/mol. The van der Waals surface area contributed by atoms with E-state index in [1.165, 1.54) is 5.56 Å². The van der Waals surface area contributed by atoms with Crippen molar-refractivity contribution in [2.45, 2.75) is 38.6 Å². The molecule has 4 heteroatoms. The lowest BCUT2D eigenvalue weighted by molar-refractivity contribution is -0.139. The van der Waals surface area contributed by atoms with Crippen LogP contribution in [-0.4, -0.2) is 23.0 Å². The van der Waals surface area contributed by atoms with E-state index in [2.05, 4.69) is 26.1 Å². The van der Waals surface area contributed by atoms with E-state index in [4.69, 9.17) is 0 Å². The molecule has 3 rings (SSSR count). The van der Waals surface area contributed by atoms with E-state index in [1.807, 2.05) is 54.6 Å². The lowest BCUT2D eigenvalue weighted by Crippen LogP contribution is -2.42. The highest BCUT2D eigenvalue weighted by Crippen LogP contribution is 2.23. The van der Waals surface area contributed by atoms with Crippen LogP contribution < -0.4 is 5.32 Å². The van der Waals surface area contributed by atoms with Crippen molar-refractivity contribution in [3.63, 3.8) is 0 Å². The maximum Gasteiger partial charge on any atom is 0.326 e. The summed E-state index contributed by atoms with van der Waals surface area (Å²) in [4.78, 5) is 24.5. The number of fused-ring (bicyclic) bond motifs is 1. The first kappa shape index (κ1) is 19.6. The van der Waals surface area contributed by atoms with Crippen LogP contribution in [0.4, 0.5) is 0 Å². The van der Waals surface area contributed by atoms with Crippen molar-refractivity contribution in [2.75, 3.05) is 0 Å². The number of hydrogen-bond donors (Lipinski definition) is 2. The van der Waals surface area contributed by atoms with Gasteiger partial charge in [0.1, 0.15) is 6.04 Å². The standard InChI is InChI=1S/C24H25NO3/c1-24(2,3)18-13-11-16(12-14-18)15-21(23(27)28)25-22(26)20-10-6-8-17-7-4-5-9-19(17)20/h4-14,21H,15H2,1-3H3,(H,25,26)(H,27,28)/t21-/m0/s1. The van der Waals surface area contributed by atoms with Gasteiger partial charge >= 0.3 is 5.97 Å². The molecule has 0 spiro atoms. The number of aliphatic carboxylic acids is 1. The summed E-state index contributed by atoms with van der Waals surface area (Å²) >= 11 is 0. The van der Waals surface area contributed by atoms with Crippen molar-refractivity contribution in [1.82, 2.24) is 5.32 Å². The Morgan fingerprint density at radius 3 is 2.21 bits per heavy atom. The molecule has 0 saturated heterocycles. The van der Waals surface area contributed by atoms with Gasteiger partial charge in [0.15, 0.2) is 0 Å². The van der Waals surface area contributed by atoms with Gasteiger partial charge in [-0.3, -0.25) is 4.79 Å². The van der Waals surface area contributed by atoms with E-state index in [0.717, 1.165) is 16.3 Å². The Labute approximate surface area is 165 Å². The van der Waals surface area contributed by atoms with Crippen LogP contribution in [0, 0.1) is 0 Å². The van der Waals surface area contributed by atoms with Crippen LogP contribution in [0.2, 0.25) is 0 Å².